The third kappa shape index (κ3) is 5.11. The topological polar surface area (TPSA) is 83.6 Å². The van der Waals surface area contributed by atoms with Crippen molar-refractivity contribution in [2.75, 3.05) is 24.6 Å². The molecule has 0 radical (unpaired) electrons. The average Bonchev–Trinajstić information content (AvgIpc) is 2.48. The zero-order chi connectivity index (χ0) is 15.3. The van der Waals surface area contributed by atoms with E-state index in [4.69, 9.17) is 0 Å². The van der Waals surface area contributed by atoms with Crippen LogP contribution in [0.1, 0.15) is 33.6 Å². The molecule has 0 bridgehead atoms. The Balaban J connectivity index is 2.74. The fourth-order valence-corrected chi connectivity index (χ4v) is 2.93. The summed E-state index contributed by atoms with van der Waals surface area (Å²) >= 11 is 0. The van der Waals surface area contributed by atoms with E-state index in [9.17, 15) is 18.0 Å². The molecule has 2 amide bonds. The van der Waals surface area contributed by atoms with Crippen molar-refractivity contribution in [2.45, 2.75) is 39.7 Å². The molecule has 1 atom stereocenters. The van der Waals surface area contributed by atoms with Crippen molar-refractivity contribution in [1.82, 2.24) is 10.2 Å². The summed E-state index contributed by atoms with van der Waals surface area (Å²) in [6.07, 6.45) is 0.800. The van der Waals surface area contributed by atoms with Crippen LogP contribution in [-0.2, 0) is 19.4 Å². The Bertz CT molecular complexity index is 459. The smallest absolute Gasteiger partial charge is 0.245 e. The molecule has 0 aliphatic carbocycles. The summed E-state index contributed by atoms with van der Waals surface area (Å²) in [5.74, 6) is -0.0105. The summed E-state index contributed by atoms with van der Waals surface area (Å²) in [4.78, 5) is 25.5. The number of carbonyl (C=O) groups is 2. The van der Waals surface area contributed by atoms with Gasteiger partial charge in [-0.25, -0.2) is 8.42 Å². The number of nitrogens with zero attached hydrogens (tertiary/aromatic N) is 1. The molecule has 116 valence electrons. The largest absolute Gasteiger partial charge is 0.344 e. The van der Waals surface area contributed by atoms with Crippen LogP contribution in [-0.4, -0.2) is 55.8 Å². The highest BCUT2D eigenvalue weighted by Gasteiger charge is 2.30. The summed E-state index contributed by atoms with van der Waals surface area (Å²) in [5.41, 5.74) is 0. The fourth-order valence-electron chi connectivity index (χ4n) is 2.14. The van der Waals surface area contributed by atoms with E-state index in [1.165, 1.54) is 4.90 Å². The van der Waals surface area contributed by atoms with Crippen LogP contribution in [0.3, 0.4) is 0 Å². The molecule has 1 N–H and O–H groups in total. The summed E-state index contributed by atoms with van der Waals surface area (Å²) in [5, 5.41) is 2.72. The number of nitrogens with one attached hydrogen (secondary N) is 1. The molecule has 0 saturated carbocycles. The molecule has 1 aliphatic rings. The Morgan fingerprint density at radius 3 is 2.55 bits per heavy atom. The normalized spacial score (nSPS) is 21.0. The molecule has 1 aliphatic heterocycles. The molecular formula is C13H24N2O4S. The van der Waals surface area contributed by atoms with Gasteiger partial charge in [0.1, 0.15) is 6.04 Å². The van der Waals surface area contributed by atoms with Gasteiger partial charge >= 0.3 is 0 Å². The zero-order valence-electron chi connectivity index (χ0n) is 12.4. The van der Waals surface area contributed by atoms with Gasteiger partial charge in [-0.2, -0.15) is 0 Å². The monoisotopic (exact) mass is 304 g/mol. The Hall–Kier alpha value is -1.11. The number of rotatable bonds is 6. The second-order valence-electron chi connectivity index (χ2n) is 5.56. The van der Waals surface area contributed by atoms with Crippen LogP contribution < -0.4 is 5.32 Å². The van der Waals surface area contributed by atoms with Gasteiger partial charge in [-0.05, 0) is 12.3 Å². The maximum atomic E-state index is 12.3. The first kappa shape index (κ1) is 16.9. The van der Waals surface area contributed by atoms with E-state index < -0.39 is 15.9 Å². The van der Waals surface area contributed by atoms with Crippen molar-refractivity contribution >= 4 is 21.7 Å². The SMILES string of the molecule is CCS(=O)(=O)CCN1CCC(=O)NC(CC(C)C)C1=O. The van der Waals surface area contributed by atoms with Gasteiger partial charge < -0.3 is 10.2 Å². The Morgan fingerprint density at radius 1 is 1.35 bits per heavy atom. The molecule has 1 saturated heterocycles. The van der Waals surface area contributed by atoms with Crippen molar-refractivity contribution in [3.05, 3.63) is 0 Å². The van der Waals surface area contributed by atoms with E-state index in [0.29, 0.717) is 13.0 Å². The molecule has 1 fully saturated rings. The molecule has 1 unspecified atom stereocenters. The van der Waals surface area contributed by atoms with E-state index in [1.54, 1.807) is 6.92 Å². The molecule has 7 heteroatoms. The molecule has 20 heavy (non-hydrogen) atoms. The zero-order valence-corrected chi connectivity index (χ0v) is 13.2. The third-order valence-corrected chi connectivity index (χ3v) is 5.06. The van der Waals surface area contributed by atoms with Gasteiger partial charge in [0.15, 0.2) is 9.84 Å². The second kappa shape index (κ2) is 7.06. The number of hydrogen-bond donors (Lipinski definition) is 1. The Labute approximate surface area is 120 Å². The predicted molar refractivity (Wildman–Crippen MR) is 76.9 cm³/mol. The highest BCUT2D eigenvalue weighted by atomic mass is 32.2. The lowest BCUT2D eigenvalue weighted by Gasteiger charge is -2.24. The maximum Gasteiger partial charge on any atom is 0.245 e. The first-order valence-corrected chi connectivity index (χ1v) is 8.86. The maximum absolute atomic E-state index is 12.3. The van der Waals surface area contributed by atoms with Crippen LogP contribution in [0.25, 0.3) is 0 Å². The predicted octanol–water partition coefficient (Wildman–Crippen LogP) is 0.184. The van der Waals surface area contributed by atoms with Crippen LogP contribution in [0.2, 0.25) is 0 Å². The minimum absolute atomic E-state index is 0.0438. The van der Waals surface area contributed by atoms with Crippen LogP contribution in [0.5, 0.6) is 0 Å². The van der Waals surface area contributed by atoms with E-state index in [2.05, 4.69) is 5.32 Å². The Morgan fingerprint density at radius 2 is 2.00 bits per heavy atom. The molecule has 0 spiro atoms. The molecule has 1 rings (SSSR count). The van der Waals surface area contributed by atoms with Gasteiger partial charge in [0.2, 0.25) is 11.8 Å². The molecule has 0 aromatic rings. The highest BCUT2D eigenvalue weighted by molar-refractivity contribution is 7.91. The highest BCUT2D eigenvalue weighted by Crippen LogP contribution is 2.12. The van der Waals surface area contributed by atoms with Crippen molar-refractivity contribution < 1.29 is 18.0 Å². The molecule has 1 heterocycles. The summed E-state index contributed by atoms with van der Waals surface area (Å²) < 4.78 is 23.1. The minimum Gasteiger partial charge on any atom is -0.344 e. The van der Waals surface area contributed by atoms with Crippen molar-refractivity contribution in [3.63, 3.8) is 0 Å². The van der Waals surface area contributed by atoms with Crippen LogP contribution in [0.15, 0.2) is 0 Å². The van der Waals surface area contributed by atoms with E-state index in [-0.39, 0.29) is 42.2 Å². The number of hydrogen-bond acceptors (Lipinski definition) is 4. The van der Waals surface area contributed by atoms with Gasteiger partial charge in [0.05, 0.1) is 5.75 Å². The quantitative estimate of drug-likeness (QED) is 0.759. The van der Waals surface area contributed by atoms with Crippen molar-refractivity contribution in [3.8, 4) is 0 Å². The van der Waals surface area contributed by atoms with E-state index in [0.717, 1.165) is 0 Å². The first-order chi connectivity index (χ1) is 9.25. The fraction of sp³-hybridized carbons (Fsp3) is 0.846. The molecule has 0 aromatic heterocycles. The lowest BCUT2D eigenvalue weighted by atomic mass is 10.0. The summed E-state index contributed by atoms with van der Waals surface area (Å²) in [6, 6.07) is -0.533. The summed E-state index contributed by atoms with van der Waals surface area (Å²) in [6.45, 7) is 6.01. The number of carbonyl (C=O) groups excluding carboxylic acids is 2. The molecule has 6 nitrogen and oxygen atoms in total. The van der Waals surface area contributed by atoms with E-state index >= 15 is 0 Å². The molecular weight excluding hydrogens is 280 g/mol. The van der Waals surface area contributed by atoms with Gasteiger partial charge in [-0.1, -0.05) is 20.8 Å². The first-order valence-electron chi connectivity index (χ1n) is 7.03. The lowest BCUT2D eigenvalue weighted by molar-refractivity contribution is -0.133. The minimum atomic E-state index is -3.11. The second-order valence-corrected chi connectivity index (χ2v) is 8.03. The van der Waals surface area contributed by atoms with Gasteiger partial charge in [0.25, 0.3) is 0 Å². The van der Waals surface area contributed by atoms with Crippen molar-refractivity contribution in [1.29, 1.82) is 0 Å². The van der Waals surface area contributed by atoms with Gasteiger partial charge in [-0.15, -0.1) is 0 Å². The molecule has 0 aromatic carbocycles. The standard InChI is InChI=1S/C13H24N2O4S/c1-4-20(18,19)8-7-15-6-5-12(16)14-11(13(15)17)9-10(2)3/h10-11H,4-9H2,1-3H3,(H,14,16). The summed E-state index contributed by atoms with van der Waals surface area (Å²) in [7, 11) is -3.11. The van der Waals surface area contributed by atoms with Crippen LogP contribution in [0, 0.1) is 5.92 Å². The van der Waals surface area contributed by atoms with E-state index in [1.807, 2.05) is 13.8 Å². The third-order valence-electron chi connectivity index (χ3n) is 3.37. The van der Waals surface area contributed by atoms with Gasteiger partial charge in [0, 0.05) is 25.3 Å². The number of amides is 2. The van der Waals surface area contributed by atoms with Gasteiger partial charge in [-0.3, -0.25) is 9.59 Å². The average molecular weight is 304 g/mol. The number of sulfone groups is 1. The lowest BCUT2D eigenvalue weighted by Crippen LogP contribution is -2.46. The van der Waals surface area contributed by atoms with Crippen LogP contribution >= 0.6 is 0 Å². The van der Waals surface area contributed by atoms with Crippen LogP contribution in [0.4, 0.5) is 0 Å². The Kier molecular flexibility index (Phi) is 5.98. The van der Waals surface area contributed by atoms with Crippen molar-refractivity contribution in [2.24, 2.45) is 5.92 Å².